The Morgan fingerprint density at radius 3 is 2.21 bits per heavy atom. The van der Waals surface area contributed by atoms with E-state index in [9.17, 15) is 18.8 Å². The maximum Gasteiger partial charge on any atom is 0.332 e. The van der Waals surface area contributed by atoms with E-state index in [4.69, 9.17) is 18.6 Å². The van der Waals surface area contributed by atoms with Crippen molar-refractivity contribution in [2.24, 2.45) is 0 Å². The van der Waals surface area contributed by atoms with Gasteiger partial charge in [0, 0.05) is 30.8 Å². The lowest BCUT2D eigenvalue weighted by molar-refractivity contribution is -0.127. The van der Waals surface area contributed by atoms with Gasteiger partial charge < -0.3 is 23.4 Å². The first-order chi connectivity index (χ1) is 27.8. The number of hydrogen-bond donors (Lipinski definition) is 1. The molecular formula is C45H48FN3O8Si. The van der Waals surface area contributed by atoms with Crippen molar-refractivity contribution in [3.8, 4) is 17.2 Å². The molecule has 11 nitrogen and oxygen atoms in total. The van der Waals surface area contributed by atoms with Gasteiger partial charge in [0.25, 0.3) is 13.9 Å². The number of nitrogens with zero attached hydrogens (tertiary/aromatic N) is 3. The number of benzene rings is 4. The molecule has 0 spiro atoms. The molecule has 0 unspecified atom stereocenters. The molecule has 1 N–H and O–H groups in total. The SMILES string of the molecule is COc1ccc(F)cc1[C@H](Cn1c(=O)n(C(C)(C)C(=O)CC(C)(C)[Si](O)(c2ccccc2)c2ccccc2)c(=O)c2cc(-c3ncco3)ccc21)OC1CCOCC1. The van der Waals surface area contributed by atoms with E-state index in [0.29, 0.717) is 42.9 Å². The predicted molar refractivity (Wildman–Crippen MR) is 222 cm³/mol. The van der Waals surface area contributed by atoms with Crippen LogP contribution in [-0.2, 0) is 26.4 Å². The van der Waals surface area contributed by atoms with E-state index in [0.717, 1.165) is 14.9 Å². The lowest BCUT2D eigenvalue weighted by Gasteiger charge is -2.42. The van der Waals surface area contributed by atoms with Crippen LogP contribution in [0.3, 0.4) is 0 Å². The normalized spacial score (nSPS) is 14.7. The molecule has 1 aliphatic heterocycles. The van der Waals surface area contributed by atoms with Crippen molar-refractivity contribution >= 4 is 35.4 Å². The number of halogens is 1. The number of ketones is 1. The molecule has 1 fully saturated rings. The number of carbonyl (C=O) groups excluding carboxylic acids is 1. The van der Waals surface area contributed by atoms with Crippen LogP contribution in [0.5, 0.6) is 5.75 Å². The lowest BCUT2D eigenvalue weighted by Crippen LogP contribution is -2.66. The van der Waals surface area contributed by atoms with Gasteiger partial charge in [0.1, 0.15) is 29.5 Å². The summed E-state index contributed by atoms with van der Waals surface area (Å²) < 4.78 is 40.8. The summed E-state index contributed by atoms with van der Waals surface area (Å²) in [5, 5.41) is 0.568. The Hall–Kier alpha value is -5.47. The summed E-state index contributed by atoms with van der Waals surface area (Å²) in [6, 6.07) is 27.7. The van der Waals surface area contributed by atoms with Crippen molar-refractivity contribution in [2.45, 2.75) is 76.3 Å². The average molecular weight is 806 g/mol. The third-order valence-corrected chi connectivity index (χ3v) is 15.9. The van der Waals surface area contributed by atoms with Gasteiger partial charge in [0.05, 0.1) is 36.9 Å². The van der Waals surface area contributed by atoms with E-state index in [-0.39, 0.29) is 35.9 Å². The third kappa shape index (κ3) is 7.62. The van der Waals surface area contributed by atoms with Crippen LogP contribution in [0.1, 0.15) is 58.6 Å². The Morgan fingerprint density at radius 1 is 0.948 bits per heavy atom. The van der Waals surface area contributed by atoms with Crippen LogP contribution in [0.15, 0.2) is 124 Å². The van der Waals surface area contributed by atoms with Crippen molar-refractivity contribution in [1.29, 1.82) is 0 Å². The number of methoxy groups -OCH3 is 1. The van der Waals surface area contributed by atoms with E-state index in [2.05, 4.69) is 4.98 Å². The number of hydrogen-bond acceptors (Lipinski definition) is 9. The first-order valence-corrected chi connectivity index (χ1v) is 21.3. The molecule has 0 radical (unpaired) electrons. The second kappa shape index (κ2) is 16.4. The van der Waals surface area contributed by atoms with Gasteiger partial charge in [-0.3, -0.25) is 14.2 Å². The Morgan fingerprint density at radius 2 is 1.60 bits per heavy atom. The number of aromatic nitrogens is 3. The average Bonchev–Trinajstić information content (AvgIpc) is 3.78. The number of rotatable bonds is 14. The van der Waals surface area contributed by atoms with Crippen molar-refractivity contribution in [3.63, 3.8) is 0 Å². The van der Waals surface area contributed by atoms with Crippen molar-refractivity contribution in [3.05, 3.63) is 142 Å². The fourth-order valence-corrected chi connectivity index (χ4v) is 11.8. The van der Waals surface area contributed by atoms with Crippen molar-refractivity contribution in [2.75, 3.05) is 20.3 Å². The Kier molecular flexibility index (Phi) is 11.5. The zero-order chi connectivity index (χ0) is 41.2. The summed E-state index contributed by atoms with van der Waals surface area (Å²) in [6.45, 7) is 7.64. The summed E-state index contributed by atoms with van der Waals surface area (Å²) in [5.41, 5.74) is -2.02. The maximum absolute atomic E-state index is 15.1. The molecule has 6 aromatic rings. The first kappa shape index (κ1) is 40.7. The number of fused-ring (bicyclic) bond motifs is 1. The van der Waals surface area contributed by atoms with Crippen molar-refractivity contribution in [1.82, 2.24) is 14.1 Å². The van der Waals surface area contributed by atoms with E-state index in [1.807, 2.05) is 74.5 Å². The van der Waals surface area contributed by atoms with Gasteiger partial charge in [-0.1, -0.05) is 74.5 Å². The molecule has 58 heavy (non-hydrogen) atoms. The minimum absolute atomic E-state index is 0.130. The quantitative estimate of drug-likeness (QED) is 0.129. The van der Waals surface area contributed by atoms with Gasteiger partial charge in [-0.05, 0) is 78.5 Å². The highest BCUT2D eigenvalue weighted by atomic mass is 28.4. The number of Topliss-reactive ketones (excluding diaryl/α,β-unsaturated/α-hetero) is 1. The highest BCUT2D eigenvalue weighted by molar-refractivity contribution is 6.98. The zero-order valence-corrected chi connectivity index (χ0v) is 34.3. The molecule has 1 aliphatic rings. The van der Waals surface area contributed by atoms with Gasteiger partial charge in [-0.25, -0.2) is 18.7 Å². The minimum Gasteiger partial charge on any atom is -0.496 e. The maximum atomic E-state index is 15.1. The van der Waals surface area contributed by atoms with Gasteiger partial charge in [0.15, 0.2) is 5.78 Å². The molecule has 4 aromatic carbocycles. The molecule has 1 atom stereocenters. The molecule has 0 amide bonds. The highest BCUT2D eigenvalue weighted by Gasteiger charge is 2.52. The fourth-order valence-electron chi connectivity index (χ4n) is 8.10. The van der Waals surface area contributed by atoms with Gasteiger partial charge in [0.2, 0.25) is 5.89 Å². The summed E-state index contributed by atoms with van der Waals surface area (Å²) in [4.78, 5) is 61.9. The lowest BCUT2D eigenvalue weighted by atomic mass is 9.91. The summed E-state index contributed by atoms with van der Waals surface area (Å²) in [6.07, 6.45) is 2.73. The Labute approximate surface area is 336 Å². The molecule has 0 saturated carbocycles. The zero-order valence-electron chi connectivity index (χ0n) is 33.3. The van der Waals surface area contributed by atoms with E-state index >= 15 is 4.79 Å². The summed E-state index contributed by atoms with van der Waals surface area (Å²) >= 11 is 0. The highest BCUT2D eigenvalue weighted by Crippen LogP contribution is 2.41. The van der Waals surface area contributed by atoms with Crippen LogP contribution in [0.25, 0.3) is 22.4 Å². The molecule has 302 valence electrons. The molecule has 13 heteroatoms. The van der Waals surface area contributed by atoms with Crippen LogP contribution in [0, 0.1) is 5.82 Å². The van der Waals surface area contributed by atoms with Gasteiger partial charge in [-0.15, -0.1) is 0 Å². The Balaban J connectivity index is 1.38. The second-order valence-corrected chi connectivity index (χ2v) is 19.8. The predicted octanol–water partition coefficient (Wildman–Crippen LogP) is 6.13. The van der Waals surface area contributed by atoms with Crippen LogP contribution in [0.2, 0.25) is 5.04 Å². The summed E-state index contributed by atoms with van der Waals surface area (Å²) in [7, 11) is -2.19. The van der Waals surface area contributed by atoms with E-state index in [1.165, 1.54) is 42.3 Å². The monoisotopic (exact) mass is 805 g/mol. The standard InChI is InChI=1S/C45H48FN3O8Si/c1-44(2,58(53,33-12-8-6-9-13-33)34-14-10-7-11-15-34)28-40(50)45(3,4)49-42(51)35-26-30(41-47-22-25-56-41)16-18-37(35)48(43(49)52)29-39(57-32-20-23-55-24-21-32)36-27-31(46)17-19-38(36)54-5/h6-19,22,25-27,32,39,53H,20-21,23-24,28-29H2,1-5H3/t39-/m0/s1. The third-order valence-electron chi connectivity index (χ3n) is 11.4. The van der Waals surface area contributed by atoms with Crippen LogP contribution in [0.4, 0.5) is 4.39 Å². The van der Waals surface area contributed by atoms with E-state index in [1.54, 1.807) is 32.0 Å². The molecule has 0 aliphatic carbocycles. The molecule has 2 aromatic heterocycles. The number of carbonyl (C=O) groups is 1. The molecular weight excluding hydrogens is 758 g/mol. The van der Waals surface area contributed by atoms with Crippen LogP contribution >= 0.6 is 0 Å². The Bertz CT molecular complexity index is 2470. The molecule has 0 bridgehead atoms. The van der Waals surface area contributed by atoms with Crippen LogP contribution in [-0.4, -0.2) is 59.4 Å². The second-order valence-electron chi connectivity index (χ2n) is 15.9. The topological polar surface area (TPSA) is 135 Å². The van der Waals surface area contributed by atoms with Gasteiger partial charge >= 0.3 is 5.69 Å². The summed E-state index contributed by atoms with van der Waals surface area (Å²) in [5.74, 6) is -0.315. The van der Waals surface area contributed by atoms with Crippen molar-refractivity contribution < 1.29 is 32.6 Å². The number of oxazole rings is 1. The van der Waals surface area contributed by atoms with Crippen LogP contribution < -0.4 is 26.4 Å². The fraction of sp³-hybridized carbons (Fsp3) is 0.333. The van der Waals surface area contributed by atoms with Gasteiger partial charge in [-0.2, -0.15) is 0 Å². The molecule has 3 heterocycles. The number of ether oxygens (including phenoxy) is 3. The largest absolute Gasteiger partial charge is 0.496 e. The molecule has 7 rings (SSSR count). The first-order valence-electron chi connectivity index (χ1n) is 19.4. The minimum atomic E-state index is -3.66. The van der Waals surface area contributed by atoms with E-state index < -0.39 is 47.8 Å². The molecule has 1 saturated heterocycles. The smallest absolute Gasteiger partial charge is 0.332 e.